The molecular formula is C10H15F3O2. The molecular weight excluding hydrogens is 209 g/mol. The molecule has 0 amide bonds. The minimum absolute atomic E-state index is 0.142. The van der Waals surface area contributed by atoms with Crippen LogP contribution in [0.2, 0.25) is 0 Å². The number of carbonyl (C=O) groups is 1. The highest BCUT2D eigenvalue weighted by Crippen LogP contribution is 2.32. The van der Waals surface area contributed by atoms with Crippen molar-refractivity contribution in [3.05, 3.63) is 0 Å². The van der Waals surface area contributed by atoms with Gasteiger partial charge in [-0.3, -0.25) is 4.79 Å². The van der Waals surface area contributed by atoms with Crippen molar-refractivity contribution in [1.29, 1.82) is 0 Å². The van der Waals surface area contributed by atoms with Crippen LogP contribution in [0.5, 0.6) is 0 Å². The first-order valence-electron chi connectivity index (χ1n) is 5.08. The van der Waals surface area contributed by atoms with Gasteiger partial charge in [0, 0.05) is 12.3 Å². The quantitative estimate of drug-likeness (QED) is 0.781. The van der Waals surface area contributed by atoms with Gasteiger partial charge in [0.1, 0.15) is 5.78 Å². The number of aliphatic hydroxyl groups excluding tert-OH is 1. The molecule has 0 heterocycles. The predicted octanol–water partition coefficient (Wildman–Crippen LogP) is 2.31. The second-order valence-electron chi connectivity index (χ2n) is 4.34. The van der Waals surface area contributed by atoms with Crippen molar-refractivity contribution in [3.8, 4) is 0 Å². The van der Waals surface area contributed by atoms with Gasteiger partial charge in [-0.25, -0.2) is 0 Å². The fourth-order valence-electron chi connectivity index (χ4n) is 1.96. The van der Waals surface area contributed by atoms with Gasteiger partial charge in [-0.1, -0.05) is 6.92 Å². The molecule has 1 aliphatic rings. The maximum absolute atomic E-state index is 12.1. The number of hydrogen-bond donors (Lipinski definition) is 1. The molecule has 3 atom stereocenters. The molecule has 1 fully saturated rings. The van der Waals surface area contributed by atoms with Crippen molar-refractivity contribution in [3.63, 3.8) is 0 Å². The summed E-state index contributed by atoms with van der Waals surface area (Å²) in [6, 6.07) is 0. The number of hydrogen-bond acceptors (Lipinski definition) is 2. The van der Waals surface area contributed by atoms with Gasteiger partial charge in [-0.05, 0) is 25.2 Å². The predicted molar refractivity (Wildman–Crippen MR) is 48.2 cm³/mol. The molecule has 5 heteroatoms. The Morgan fingerprint density at radius 2 is 2.13 bits per heavy atom. The summed E-state index contributed by atoms with van der Waals surface area (Å²) in [6.45, 7) is 1.92. The van der Waals surface area contributed by atoms with Crippen LogP contribution in [0.3, 0.4) is 0 Å². The third-order valence-corrected chi connectivity index (χ3v) is 2.91. The molecule has 1 N–H and O–H groups in total. The van der Waals surface area contributed by atoms with E-state index in [-0.39, 0.29) is 11.7 Å². The zero-order valence-corrected chi connectivity index (χ0v) is 8.55. The number of ketones is 1. The number of aliphatic hydroxyl groups is 1. The van der Waals surface area contributed by atoms with Crippen LogP contribution in [0.15, 0.2) is 0 Å². The summed E-state index contributed by atoms with van der Waals surface area (Å²) in [6.07, 6.45) is -5.90. The number of Topliss-reactive ketones (excluding diaryl/α,β-unsaturated/α-hetero) is 1. The number of halogens is 3. The Morgan fingerprint density at radius 3 is 2.67 bits per heavy atom. The first-order valence-corrected chi connectivity index (χ1v) is 5.08. The summed E-state index contributed by atoms with van der Waals surface area (Å²) in [5.74, 6) is -0.491. The smallest absolute Gasteiger partial charge is 0.384 e. The molecule has 88 valence electrons. The van der Waals surface area contributed by atoms with Crippen LogP contribution >= 0.6 is 0 Å². The van der Waals surface area contributed by atoms with E-state index in [4.69, 9.17) is 5.11 Å². The monoisotopic (exact) mass is 224 g/mol. The molecule has 0 saturated heterocycles. The van der Waals surface area contributed by atoms with Crippen molar-refractivity contribution >= 4 is 5.78 Å². The van der Waals surface area contributed by atoms with Gasteiger partial charge in [0.25, 0.3) is 0 Å². The fraction of sp³-hybridized carbons (Fsp3) is 0.900. The van der Waals surface area contributed by atoms with Crippen LogP contribution in [0.25, 0.3) is 0 Å². The van der Waals surface area contributed by atoms with Crippen LogP contribution in [-0.4, -0.2) is 23.2 Å². The maximum atomic E-state index is 12.1. The average molecular weight is 224 g/mol. The van der Waals surface area contributed by atoms with E-state index in [1.54, 1.807) is 0 Å². The van der Waals surface area contributed by atoms with Gasteiger partial charge < -0.3 is 5.11 Å². The summed E-state index contributed by atoms with van der Waals surface area (Å²) in [5, 5.41) is 8.86. The van der Waals surface area contributed by atoms with E-state index in [9.17, 15) is 18.0 Å². The van der Waals surface area contributed by atoms with E-state index in [2.05, 4.69) is 0 Å². The van der Waals surface area contributed by atoms with Gasteiger partial charge in [0.05, 0.1) is 0 Å². The van der Waals surface area contributed by atoms with Crippen molar-refractivity contribution in [2.75, 3.05) is 0 Å². The molecule has 0 aliphatic heterocycles. The minimum atomic E-state index is -4.61. The Labute approximate surface area is 86.5 Å². The second kappa shape index (κ2) is 4.51. The van der Waals surface area contributed by atoms with E-state index in [0.29, 0.717) is 12.8 Å². The fourth-order valence-corrected chi connectivity index (χ4v) is 1.96. The number of rotatable bonds is 2. The SMILES string of the molecule is CC1CCC(=O)C(CC(O)C(F)(F)F)C1. The van der Waals surface area contributed by atoms with Crippen molar-refractivity contribution in [2.24, 2.45) is 11.8 Å². The van der Waals surface area contributed by atoms with Crippen molar-refractivity contribution in [1.82, 2.24) is 0 Å². The van der Waals surface area contributed by atoms with Gasteiger partial charge >= 0.3 is 6.18 Å². The summed E-state index contributed by atoms with van der Waals surface area (Å²) >= 11 is 0. The molecule has 0 radical (unpaired) electrons. The average Bonchev–Trinajstić information content (AvgIpc) is 2.09. The molecule has 1 rings (SSSR count). The molecule has 15 heavy (non-hydrogen) atoms. The summed E-state index contributed by atoms with van der Waals surface area (Å²) in [7, 11) is 0. The van der Waals surface area contributed by atoms with Gasteiger partial charge in [-0.2, -0.15) is 13.2 Å². The lowest BCUT2D eigenvalue weighted by Crippen LogP contribution is -2.35. The topological polar surface area (TPSA) is 37.3 Å². The number of carbonyl (C=O) groups excluding carboxylic acids is 1. The highest BCUT2D eigenvalue weighted by Gasteiger charge is 2.41. The lowest BCUT2D eigenvalue weighted by molar-refractivity contribution is -0.208. The molecule has 1 saturated carbocycles. The highest BCUT2D eigenvalue weighted by atomic mass is 19.4. The zero-order chi connectivity index (χ0) is 11.6. The Kier molecular flexibility index (Phi) is 3.76. The molecule has 0 aromatic rings. The minimum Gasteiger partial charge on any atom is -0.384 e. The Morgan fingerprint density at radius 1 is 1.53 bits per heavy atom. The largest absolute Gasteiger partial charge is 0.414 e. The van der Waals surface area contributed by atoms with Crippen LogP contribution in [-0.2, 0) is 4.79 Å². The third kappa shape index (κ3) is 3.48. The van der Waals surface area contributed by atoms with E-state index in [1.165, 1.54) is 0 Å². The zero-order valence-electron chi connectivity index (χ0n) is 8.55. The van der Waals surface area contributed by atoms with Crippen molar-refractivity contribution < 1.29 is 23.1 Å². The highest BCUT2D eigenvalue weighted by molar-refractivity contribution is 5.81. The molecule has 0 spiro atoms. The third-order valence-electron chi connectivity index (χ3n) is 2.91. The maximum Gasteiger partial charge on any atom is 0.414 e. The summed E-state index contributed by atoms with van der Waals surface area (Å²) < 4.78 is 36.2. The molecule has 2 nitrogen and oxygen atoms in total. The lowest BCUT2D eigenvalue weighted by atomic mass is 9.79. The number of alkyl halides is 3. The van der Waals surface area contributed by atoms with Gasteiger partial charge in [0.15, 0.2) is 6.10 Å². The van der Waals surface area contributed by atoms with Crippen LogP contribution in [0, 0.1) is 11.8 Å². The van der Waals surface area contributed by atoms with Gasteiger partial charge in [-0.15, -0.1) is 0 Å². The first-order chi connectivity index (χ1) is 6.80. The lowest BCUT2D eigenvalue weighted by Gasteiger charge is -2.27. The Balaban J connectivity index is 2.53. The first kappa shape index (κ1) is 12.5. The Bertz CT molecular complexity index is 237. The molecule has 1 aliphatic carbocycles. The summed E-state index contributed by atoms with van der Waals surface area (Å²) in [5.41, 5.74) is 0. The normalized spacial score (nSPS) is 30.3. The second-order valence-corrected chi connectivity index (χ2v) is 4.34. The molecule has 0 bridgehead atoms. The van der Waals surface area contributed by atoms with E-state index in [1.807, 2.05) is 6.92 Å². The van der Waals surface area contributed by atoms with E-state index in [0.717, 1.165) is 6.42 Å². The van der Waals surface area contributed by atoms with Crippen LogP contribution in [0.4, 0.5) is 13.2 Å². The molecule has 0 aromatic heterocycles. The summed E-state index contributed by atoms with van der Waals surface area (Å²) in [4.78, 5) is 11.3. The van der Waals surface area contributed by atoms with Crippen molar-refractivity contribution in [2.45, 2.75) is 44.9 Å². The Hall–Kier alpha value is -0.580. The van der Waals surface area contributed by atoms with Crippen LogP contribution in [0.1, 0.15) is 32.6 Å². The molecule has 3 unspecified atom stereocenters. The molecule has 0 aromatic carbocycles. The van der Waals surface area contributed by atoms with Gasteiger partial charge in [0.2, 0.25) is 0 Å². The van der Waals surface area contributed by atoms with E-state index < -0.39 is 24.6 Å². The van der Waals surface area contributed by atoms with Crippen LogP contribution < -0.4 is 0 Å². The van der Waals surface area contributed by atoms with E-state index >= 15 is 0 Å². The standard InChI is InChI=1S/C10H15F3O2/c1-6-2-3-8(14)7(4-6)5-9(15)10(11,12)13/h6-7,9,15H,2-5H2,1H3.